The molecular weight excluding hydrogens is 390 g/mol. The van der Waals surface area contributed by atoms with Crippen LogP contribution in [0.5, 0.6) is 0 Å². The number of nitrogens with one attached hydrogen (secondary N) is 1. The van der Waals surface area contributed by atoms with Gasteiger partial charge in [-0.15, -0.1) is 11.3 Å². The van der Waals surface area contributed by atoms with Gasteiger partial charge in [-0.25, -0.2) is 0 Å². The van der Waals surface area contributed by atoms with E-state index in [2.05, 4.69) is 55.4 Å². The quantitative estimate of drug-likeness (QED) is 0.789. The Labute approximate surface area is 133 Å². The van der Waals surface area contributed by atoms with Crippen molar-refractivity contribution in [1.82, 2.24) is 5.32 Å². The predicted molar refractivity (Wildman–Crippen MR) is 85.6 cm³/mol. The molecular formula is C14H13Br2NOS. The zero-order chi connectivity index (χ0) is 13.4. The molecule has 100 valence electrons. The van der Waals surface area contributed by atoms with Crippen molar-refractivity contribution in [2.24, 2.45) is 0 Å². The van der Waals surface area contributed by atoms with E-state index in [9.17, 15) is 5.11 Å². The van der Waals surface area contributed by atoms with E-state index in [1.165, 1.54) is 11.1 Å². The Morgan fingerprint density at radius 2 is 2.11 bits per heavy atom. The molecule has 1 aromatic heterocycles. The van der Waals surface area contributed by atoms with Gasteiger partial charge in [0, 0.05) is 9.35 Å². The first kappa shape index (κ1) is 13.8. The Kier molecular flexibility index (Phi) is 4.10. The van der Waals surface area contributed by atoms with E-state index >= 15 is 0 Å². The summed E-state index contributed by atoms with van der Waals surface area (Å²) in [5.41, 5.74) is 2.54. The van der Waals surface area contributed by atoms with Crippen molar-refractivity contribution in [1.29, 1.82) is 0 Å². The number of aliphatic hydroxyl groups excluding tert-OH is 1. The fraction of sp³-hybridized carbons (Fsp3) is 0.286. The van der Waals surface area contributed by atoms with E-state index in [1.54, 1.807) is 11.3 Å². The van der Waals surface area contributed by atoms with E-state index in [1.807, 2.05) is 12.1 Å². The highest BCUT2D eigenvalue weighted by Gasteiger charge is 2.28. The van der Waals surface area contributed by atoms with Gasteiger partial charge in [0.25, 0.3) is 0 Å². The number of aliphatic hydroxyl groups is 1. The maximum atomic E-state index is 10.6. The fourth-order valence-corrected chi connectivity index (χ4v) is 4.61. The maximum absolute atomic E-state index is 10.6. The zero-order valence-corrected chi connectivity index (χ0v) is 14.1. The van der Waals surface area contributed by atoms with Crippen LogP contribution in [0, 0.1) is 0 Å². The van der Waals surface area contributed by atoms with Gasteiger partial charge in [0.15, 0.2) is 0 Å². The average Bonchev–Trinajstić information content (AvgIpc) is 2.77. The summed E-state index contributed by atoms with van der Waals surface area (Å²) in [6, 6.07) is 10.3. The first-order valence-corrected chi connectivity index (χ1v) is 8.51. The molecule has 2 aromatic rings. The van der Waals surface area contributed by atoms with Crippen LogP contribution in [0.1, 0.15) is 28.1 Å². The van der Waals surface area contributed by atoms with Crippen molar-refractivity contribution in [3.8, 4) is 0 Å². The number of hydrogen-bond donors (Lipinski definition) is 2. The number of thiophene rings is 1. The third kappa shape index (κ3) is 2.67. The molecule has 0 saturated heterocycles. The van der Waals surface area contributed by atoms with Crippen LogP contribution in [-0.4, -0.2) is 11.7 Å². The van der Waals surface area contributed by atoms with E-state index in [0.29, 0.717) is 0 Å². The van der Waals surface area contributed by atoms with Gasteiger partial charge < -0.3 is 10.4 Å². The lowest BCUT2D eigenvalue weighted by atomic mass is 9.91. The topological polar surface area (TPSA) is 32.3 Å². The Morgan fingerprint density at radius 1 is 1.32 bits per heavy atom. The minimum Gasteiger partial charge on any atom is -0.386 e. The Balaban J connectivity index is 1.95. The summed E-state index contributed by atoms with van der Waals surface area (Å²) in [7, 11) is 0. The minimum absolute atomic E-state index is 0.0256. The van der Waals surface area contributed by atoms with E-state index in [-0.39, 0.29) is 6.04 Å². The lowest BCUT2D eigenvalue weighted by Crippen LogP contribution is -2.33. The molecule has 3 rings (SSSR count). The lowest BCUT2D eigenvalue weighted by molar-refractivity contribution is 0.129. The molecule has 1 aliphatic rings. The molecule has 19 heavy (non-hydrogen) atoms. The average molecular weight is 403 g/mol. The van der Waals surface area contributed by atoms with Crippen molar-refractivity contribution in [3.05, 3.63) is 54.6 Å². The van der Waals surface area contributed by atoms with Gasteiger partial charge in [0.05, 0.1) is 9.83 Å². The van der Waals surface area contributed by atoms with Crippen molar-refractivity contribution in [3.63, 3.8) is 0 Å². The minimum atomic E-state index is -0.519. The van der Waals surface area contributed by atoms with Gasteiger partial charge in [0.2, 0.25) is 0 Å². The molecule has 0 radical (unpaired) electrons. The first-order chi connectivity index (χ1) is 9.16. The number of fused-ring (bicyclic) bond motifs is 1. The molecule has 0 aliphatic carbocycles. The summed E-state index contributed by atoms with van der Waals surface area (Å²) in [5, 5.41) is 14.1. The molecule has 2 atom stereocenters. The van der Waals surface area contributed by atoms with Gasteiger partial charge in [-0.3, -0.25) is 0 Å². The van der Waals surface area contributed by atoms with Gasteiger partial charge >= 0.3 is 0 Å². The van der Waals surface area contributed by atoms with Crippen LogP contribution in [0.3, 0.4) is 0 Å². The highest BCUT2D eigenvalue weighted by atomic mass is 79.9. The largest absolute Gasteiger partial charge is 0.386 e. The molecule has 0 fully saturated rings. The van der Waals surface area contributed by atoms with Gasteiger partial charge in [-0.05, 0) is 62.0 Å². The van der Waals surface area contributed by atoms with Gasteiger partial charge in [-0.1, -0.05) is 24.3 Å². The van der Waals surface area contributed by atoms with Crippen LogP contribution in [0.4, 0.5) is 0 Å². The van der Waals surface area contributed by atoms with Crippen molar-refractivity contribution < 1.29 is 5.11 Å². The SMILES string of the molecule is OC(c1cc(Br)c(Br)s1)C1NCCc2ccccc21. The number of halogens is 2. The second kappa shape index (κ2) is 5.66. The molecule has 0 spiro atoms. The zero-order valence-electron chi connectivity index (χ0n) is 10.1. The van der Waals surface area contributed by atoms with Crippen LogP contribution < -0.4 is 5.32 Å². The number of rotatable bonds is 2. The van der Waals surface area contributed by atoms with Crippen molar-refractivity contribution >= 4 is 43.2 Å². The molecule has 0 amide bonds. The van der Waals surface area contributed by atoms with Crippen molar-refractivity contribution in [2.75, 3.05) is 6.54 Å². The fourth-order valence-electron chi connectivity index (χ4n) is 2.49. The van der Waals surface area contributed by atoms with Crippen LogP contribution in [0.15, 0.2) is 38.6 Å². The summed E-state index contributed by atoms with van der Waals surface area (Å²) in [5.74, 6) is 0. The third-order valence-corrected chi connectivity index (χ3v) is 6.75. The van der Waals surface area contributed by atoms with E-state index < -0.39 is 6.10 Å². The van der Waals surface area contributed by atoms with Crippen LogP contribution in [-0.2, 0) is 6.42 Å². The van der Waals surface area contributed by atoms with Gasteiger partial charge in [0.1, 0.15) is 6.10 Å². The monoisotopic (exact) mass is 401 g/mol. The normalized spacial score (nSPS) is 20.1. The molecule has 0 saturated carbocycles. The summed E-state index contributed by atoms with van der Waals surface area (Å²) in [6.07, 6.45) is 0.506. The van der Waals surface area contributed by atoms with Crippen LogP contribution >= 0.6 is 43.2 Å². The number of benzene rings is 1. The molecule has 5 heteroatoms. The van der Waals surface area contributed by atoms with Crippen LogP contribution in [0.2, 0.25) is 0 Å². The highest BCUT2D eigenvalue weighted by Crippen LogP contribution is 2.40. The Hall–Kier alpha value is -0.200. The maximum Gasteiger partial charge on any atom is 0.108 e. The Bertz CT molecular complexity index is 579. The van der Waals surface area contributed by atoms with E-state index in [0.717, 1.165) is 26.1 Å². The summed E-state index contributed by atoms with van der Waals surface area (Å²) < 4.78 is 2.02. The molecule has 1 aromatic carbocycles. The molecule has 0 bridgehead atoms. The smallest absolute Gasteiger partial charge is 0.108 e. The van der Waals surface area contributed by atoms with Gasteiger partial charge in [-0.2, -0.15) is 0 Å². The summed E-state index contributed by atoms with van der Waals surface area (Å²) in [6.45, 7) is 0.909. The number of hydrogen-bond acceptors (Lipinski definition) is 3. The van der Waals surface area contributed by atoms with E-state index in [4.69, 9.17) is 0 Å². The predicted octanol–water partition coefficient (Wildman–Crippen LogP) is 4.19. The second-order valence-electron chi connectivity index (χ2n) is 4.60. The molecule has 2 heterocycles. The second-order valence-corrected chi connectivity index (χ2v) is 7.85. The summed E-state index contributed by atoms with van der Waals surface area (Å²) in [4.78, 5) is 0.966. The van der Waals surface area contributed by atoms with Crippen LogP contribution in [0.25, 0.3) is 0 Å². The van der Waals surface area contributed by atoms with Crippen molar-refractivity contribution in [2.45, 2.75) is 18.6 Å². The third-order valence-electron chi connectivity index (χ3n) is 3.42. The summed E-state index contributed by atoms with van der Waals surface area (Å²) >= 11 is 8.52. The highest BCUT2D eigenvalue weighted by molar-refractivity contribution is 9.13. The molecule has 2 unspecified atom stereocenters. The molecule has 1 aliphatic heterocycles. The molecule has 2 N–H and O–H groups in total. The lowest BCUT2D eigenvalue weighted by Gasteiger charge is -2.30. The molecule has 2 nitrogen and oxygen atoms in total. The first-order valence-electron chi connectivity index (χ1n) is 6.11. The standard InChI is InChI=1S/C14H13Br2NOS/c15-10-7-11(19-14(10)16)13(18)12-9-4-2-1-3-8(9)5-6-17-12/h1-4,7,12-13,17-18H,5-6H2. The Morgan fingerprint density at radius 3 is 2.84 bits per heavy atom.